The number of thioether (sulfide) groups is 1. The second kappa shape index (κ2) is 6.98. The number of carboxylic acid groups (broad SMARTS) is 1. The van der Waals surface area contributed by atoms with Gasteiger partial charge in [0, 0.05) is 18.8 Å². The molecule has 1 N–H and O–H groups in total. The highest BCUT2D eigenvalue weighted by molar-refractivity contribution is 7.99. The number of aliphatic carboxylic acids is 1. The molecule has 114 valence electrons. The van der Waals surface area contributed by atoms with Crippen LogP contribution in [0.5, 0.6) is 0 Å². The minimum Gasteiger partial charge on any atom is -0.481 e. The second-order valence-corrected chi connectivity index (χ2v) is 6.69. The van der Waals surface area contributed by atoms with Gasteiger partial charge in [0.15, 0.2) is 0 Å². The molecule has 2 rings (SSSR count). The zero-order valence-electron chi connectivity index (χ0n) is 12.4. The van der Waals surface area contributed by atoms with Crippen molar-refractivity contribution in [2.45, 2.75) is 19.6 Å². The molecule has 1 aliphatic rings. The van der Waals surface area contributed by atoms with Gasteiger partial charge in [0.1, 0.15) is 0 Å². The highest BCUT2D eigenvalue weighted by Crippen LogP contribution is 2.24. The molecule has 1 saturated heterocycles. The summed E-state index contributed by atoms with van der Waals surface area (Å²) < 4.78 is 0. The van der Waals surface area contributed by atoms with Gasteiger partial charge in [-0.05, 0) is 18.4 Å². The molecule has 5 heteroatoms. The average molecular weight is 307 g/mol. The maximum absolute atomic E-state index is 12.1. The van der Waals surface area contributed by atoms with Gasteiger partial charge in [-0.15, -0.1) is 11.8 Å². The number of carbonyl (C=O) groups is 2. The van der Waals surface area contributed by atoms with E-state index in [2.05, 4.69) is 25.1 Å². The van der Waals surface area contributed by atoms with Gasteiger partial charge >= 0.3 is 5.97 Å². The monoisotopic (exact) mass is 307 g/mol. The molecule has 0 spiro atoms. The molecule has 0 saturated carbocycles. The van der Waals surface area contributed by atoms with Gasteiger partial charge in [-0.3, -0.25) is 9.59 Å². The van der Waals surface area contributed by atoms with E-state index in [4.69, 9.17) is 5.11 Å². The first-order valence-electron chi connectivity index (χ1n) is 7.11. The molecule has 4 nitrogen and oxygen atoms in total. The number of likely N-dealkylation sites (tertiary alicyclic amines) is 1. The summed E-state index contributed by atoms with van der Waals surface area (Å²) in [6.45, 7) is 4.85. The van der Waals surface area contributed by atoms with E-state index in [-0.39, 0.29) is 11.8 Å². The lowest BCUT2D eigenvalue weighted by molar-refractivity contribution is -0.142. The van der Waals surface area contributed by atoms with Crippen LogP contribution in [0.2, 0.25) is 0 Å². The number of hydrogen-bond acceptors (Lipinski definition) is 3. The maximum Gasteiger partial charge on any atom is 0.308 e. The number of amides is 1. The first-order chi connectivity index (χ1) is 9.97. The lowest BCUT2D eigenvalue weighted by Crippen LogP contribution is -2.31. The Balaban J connectivity index is 1.79. The van der Waals surface area contributed by atoms with E-state index < -0.39 is 11.9 Å². The van der Waals surface area contributed by atoms with E-state index in [1.165, 1.54) is 11.1 Å². The van der Waals surface area contributed by atoms with Crippen LogP contribution in [0.4, 0.5) is 0 Å². The highest BCUT2D eigenvalue weighted by atomic mass is 32.2. The van der Waals surface area contributed by atoms with Crippen molar-refractivity contribution in [2.24, 2.45) is 11.8 Å². The van der Waals surface area contributed by atoms with Crippen LogP contribution in [0.1, 0.15) is 18.1 Å². The molecule has 1 amide bonds. The summed E-state index contributed by atoms with van der Waals surface area (Å²) in [4.78, 5) is 24.9. The molecule has 0 radical (unpaired) electrons. The third-order valence-electron chi connectivity index (χ3n) is 3.86. The first kappa shape index (κ1) is 15.9. The number of carbonyl (C=O) groups excluding carboxylic acids is 1. The van der Waals surface area contributed by atoms with Crippen LogP contribution in [-0.2, 0) is 15.3 Å². The summed E-state index contributed by atoms with van der Waals surface area (Å²) in [6, 6.07) is 8.25. The van der Waals surface area contributed by atoms with Crippen molar-refractivity contribution in [3.05, 3.63) is 35.4 Å². The predicted molar refractivity (Wildman–Crippen MR) is 84.2 cm³/mol. The van der Waals surface area contributed by atoms with Crippen LogP contribution in [0.15, 0.2) is 24.3 Å². The maximum atomic E-state index is 12.1. The Morgan fingerprint density at radius 3 is 2.76 bits per heavy atom. The van der Waals surface area contributed by atoms with E-state index in [9.17, 15) is 9.59 Å². The lowest BCUT2D eigenvalue weighted by Gasteiger charge is -2.15. The molecular weight excluding hydrogens is 286 g/mol. The van der Waals surface area contributed by atoms with E-state index in [0.29, 0.717) is 18.8 Å². The summed E-state index contributed by atoms with van der Waals surface area (Å²) >= 11 is 1.58. The fraction of sp³-hybridized carbons (Fsp3) is 0.500. The van der Waals surface area contributed by atoms with Crippen molar-refractivity contribution >= 4 is 23.6 Å². The lowest BCUT2D eigenvalue weighted by atomic mass is 9.99. The van der Waals surface area contributed by atoms with Gasteiger partial charge in [0.2, 0.25) is 5.91 Å². The zero-order valence-corrected chi connectivity index (χ0v) is 13.2. The molecule has 1 aliphatic heterocycles. The molecule has 0 aromatic heterocycles. The zero-order chi connectivity index (χ0) is 15.4. The van der Waals surface area contributed by atoms with Crippen molar-refractivity contribution < 1.29 is 14.7 Å². The minimum absolute atomic E-state index is 0.0354. The van der Waals surface area contributed by atoms with E-state index >= 15 is 0 Å². The Labute approximate surface area is 129 Å². The summed E-state index contributed by atoms with van der Waals surface area (Å²) in [5.41, 5.74) is 2.43. The summed E-state index contributed by atoms with van der Waals surface area (Å²) in [7, 11) is 0. The van der Waals surface area contributed by atoms with Crippen LogP contribution in [-0.4, -0.2) is 40.7 Å². The van der Waals surface area contributed by atoms with Gasteiger partial charge < -0.3 is 10.0 Å². The highest BCUT2D eigenvalue weighted by Gasteiger charge is 2.36. The van der Waals surface area contributed by atoms with Crippen molar-refractivity contribution in [3.8, 4) is 0 Å². The van der Waals surface area contributed by atoms with Gasteiger partial charge in [-0.2, -0.15) is 0 Å². The molecule has 0 bridgehead atoms. The number of hydrogen-bond donors (Lipinski definition) is 1. The fourth-order valence-corrected chi connectivity index (χ4v) is 3.52. The Morgan fingerprint density at radius 1 is 1.38 bits per heavy atom. The second-order valence-electron chi connectivity index (χ2n) is 5.70. The molecule has 1 heterocycles. The third kappa shape index (κ3) is 4.24. The van der Waals surface area contributed by atoms with E-state index in [1.54, 1.807) is 16.7 Å². The van der Waals surface area contributed by atoms with Crippen LogP contribution < -0.4 is 0 Å². The molecule has 1 aromatic carbocycles. The molecule has 1 fully saturated rings. The Bertz CT molecular complexity index is 532. The molecule has 21 heavy (non-hydrogen) atoms. The van der Waals surface area contributed by atoms with Crippen molar-refractivity contribution in [1.29, 1.82) is 0 Å². The number of benzene rings is 1. The Hall–Kier alpha value is -1.49. The third-order valence-corrected chi connectivity index (χ3v) is 4.85. The normalized spacial score (nSPS) is 21.5. The Kier molecular flexibility index (Phi) is 5.28. The largest absolute Gasteiger partial charge is 0.481 e. The summed E-state index contributed by atoms with van der Waals surface area (Å²) in [6.07, 6.45) is 0. The molecule has 0 aliphatic carbocycles. The molecule has 2 atom stereocenters. The predicted octanol–water partition coefficient (Wildman–Crippen LogP) is 2.41. The SMILES string of the molecule is Cc1cccc(CSCC(=O)N2C[C@@H](C)[C@H](C(=O)O)C2)c1. The topological polar surface area (TPSA) is 57.6 Å². The van der Waals surface area contributed by atoms with Crippen LogP contribution in [0.3, 0.4) is 0 Å². The average Bonchev–Trinajstić information content (AvgIpc) is 2.81. The minimum atomic E-state index is -0.801. The van der Waals surface area contributed by atoms with Gasteiger partial charge in [0.25, 0.3) is 0 Å². The standard InChI is InChI=1S/C16H21NO3S/c1-11-4-3-5-13(6-11)9-21-10-15(18)17-7-12(2)14(8-17)16(19)20/h3-6,12,14H,7-10H2,1-2H3,(H,19,20)/t12-,14-/m1/s1. The summed E-state index contributed by atoms with van der Waals surface area (Å²) in [5.74, 6) is 0.0732. The van der Waals surface area contributed by atoms with Crippen molar-refractivity contribution in [3.63, 3.8) is 0 Å². The quantitative estimate of drug-likeness (QED) is 0.907. The van der Waals surface area contributed by atoms with Gasteiger partial charge in [0.05, 0.1) is 11.7 Å². The number of rotatable bonds is 5. The molecule has 1 aromatic rings. The Morgan fingerprint density at radius 2 is 2.14 bits per heavy atom. The molecular formula is C16H21NO3S. The van der Waals surface area contributed by atoms with Crippen molar-refractivity contribution in [1.82, 2.24) is 4.90 Å². The van der Waals surface area contributed by atoms with E-state index in [0.717, 1.165) is 5.75 Å². The van der Waals surface area contributed by atoms with Gasteiger partial charge in [-0.25, -0.2) is 0 Å². The smallest absolute Gasteiger partial charge is 0.308 e. The van der Waals surface area contributed by atoms with Crippen molar-refractivity contribution in [2.75, 3.05) is 18.8 Å². The van der Waals surface area contributed by atoms with Gasteiger partial charge in [-0.1, -0.05) is 36.8 Å². The molecule has 0 unspecified atom stereocenters. The van der Waals surface area contributed by atoms with Crippen LogP contribution in [0, 0.1) is 18.8 Å². The number of nitrogens with zero attached hydrogens (tertiary/aromatic N) is 1. The first-order valence-corrected chi connectivity index (χ1v) is 8.26. The summed E-state index contributed by atoms with van der Waals surface area (Å²) in [5, 5.41) is 9.09. The number of aryl methyl sites for hydroxylation is 1. The number of carboxylic acids is 1. The fourth-order valence-electron chi connectivity index (χ4n) is 2.64. The van der Waals surface area contributed by atoms with Crippen LogP contribution >= 0.6 is 11.8 Å². The van der Waals surface area contributed by atoms with E-state index in [1.807, 2.05) is 13.0 Å². The van der Waals surface area contributed by atoms with Crippen LogP contribution in [0.25, 0.3) is 0 Å².